The lowest BCUT2D eigenvalue weighted by molar-refractivity contribution is -0.120. The summed E-state index contributed by atoms with van der Waals surface area (Å²) in [5, 5.41) is 0.677. The summed E-state index contributed by atoms with van der Waals surface area (Å²) in [6.45, 7) is 0.749. The zero-order valence-corrected chi connectivity index (χ0v) is 19.1. The maximum absolute atomic E-state index is 13.0. The van der Waals surface area contributed by atoms with E-state index in [1.54, 1.807) is 7.11 Å². The zero-order chi connectivity index (χ0) is 22.8. The van der Waals surface area contributed by atoms with Crippen LogP contribution in [0.5, 0.6) is 5.75 Å². The van der Waals surface area contributed by atoms with Crippen molar-refractivity contribution >= 4 is 32.6 Å². The Morgan fingerprint density at radius 3 is 2.76 bits per heavy atom. The first kappa shape index (κ1) is 21.3. The molecule has 3 heterocycles. The Morgan fingerprint density at radius 2 is 1.94 bits per heavy atom. The summed E-state index contributed by atoms with van der Waals surface area (Å²) in [7, 11) is 1.59. The minimum absolute atomic E-state index is 0.206. The SMILES string of the molecule is COc1ccccc1-c1nc2sc(N3CCC[C@@H]3C(=O)CCc3ccccc3)nc2c(=O)[nH]1. The molecular weight excluding hydrogens is 436 g/mol. The van der Waals surface area contributed by atoms with Gasteiger partial charge in [0.15, 0.2) is 21.3 Å². The molecule has 1 fully saturated rings. The molecule has 0 amide bonds. The molecule has 0 unspecified atom stereocenters. The number of thiazole rings is 1. The van der Waals surface area contributed by atoms with Crippen molar-refractivity contribution < 1.29 is 9.53 Å². The van der Waals surface area contributed by atoms with Gasteiger partial charge in [-0.3, -0.25) is 9.59 Å². The first-order valence-corrected chi connectivity index (χ1v) is 11.8. The number of benzene rings is 2. The van der Waals surface area contributed by atoms with Gasteiger partial charge >= 0.3 is 0 Å². The van der Waals surface area contributed by atoms with E-state index in [0.29, 0.717) is 39.0 Å². The Morgan fingerprint density at radius 1 is 1.15 bits per heavy atom. The maximum Gasteiger partial charge on any atom is 0.278 e. The maximum atomic E-state index is 13.0. The van der Waals surface area contributed by atoms with E-state index in [1.165, 1.54) is 11.3 Å². The van der Waals surface area contributed by atoms with E-state index >= 15 is 0 Å². The number of ether oxygens (including phenoxy) is 1. The average Bonchev–Trinajstić information content (AvgIpc) is 3.50. The van der Waals surface area contributed by atoms with Crippen molar-refractivity contribution in [3.63, 3.8) is 0 Å². The molecule has 0 bridgehead atoms. The van der Waals surface area contributed by atoms with E-state index in [0.717, 1.165) is 31.4 Å². The highest BCUT2D eigenvalue weighted by Crippen LogP contribution is 2.34. The van der Waals surface area contributed by atoms with Crippen LogP contribution >= 0.6 is 11.3 Å². The van der Waals surface area contributed by atoms with E-state index < -0.39 is 0 Å². The highest BCUT2D eigenvalue weighted by molar-refractivity contribution is 7.21. The molecule has 33 heavy (non-hydrogen) atoms. The zero-order valence-electron chi connectivity index (χ0n) is 18.3. The van der Waals surface area contributed by atoms with Crippen LogP contribution in [0.1, 0.15) is 24.8 Å². The molecule has 1 aliphatic heterocycles. The first-order chi connectivity index (χ1) is 16.1. The molecule has 7 nitrogen and oxygen atoms in total. The number of para-hydroxylation sites is 1. The lowest BCUT2D eigenvalue weighted by Gasteiger charge is -2.22. The van der Waals surface area contributed by atoms with Crippen molar-refractivity contribution in [1.29, 1.82) is 0 Å². The number of carbonyl (C=O) groups is 1. The predicted molar refractivity (Wildman–Crippen MR) is 130 cm³/mol. The van der Waals surface area contributed by atoms with Gasteiger partial charge in [-0.05, 0) is 37.0 Å². The number of aromatic nitrogens is 3. The third-order valence-electron chi connectivity index (χ3n) is 5.99. The highest BCUT2D eigenvalue weighted by Gasteiger charge is 2.32. The molecule has 1 saturated heterocycles. The Hall–Kier alpha value is -3.52. The van der Waals surface area contributed by atoms with Crippen LogP contribution in [-0.4, -0.2) is 40.4 Å². The number of nitrogens with zero attached hydrogens (tertiary/aromatic N) is 3. The Bertz CT molecular complexity index is 1350. The summed E-state index contributed by atoms with van der Waals surface area (Å²) in [6, 6.07) is 17.3. The van der Waals surface area contributed by atoms with Crippen molar-refractivity contribution in [2.45, 2.75) is 31.7 Å². The second-order valence-corrected chi connectivity index (χ2v) is 9.02. The lowest BCUT2D eigenvalue weighted by atomic mass is 10.0. The highest BCUT2D eigenvalue weighted by atomic mass is 32.1. The Labute approximate surface area is 195 Å². The number of hydrogen-bond acceptors (Lipinski definition) is 7. The predicted octanol–water partition coefficient (Wildman–Crippen LogP) is 4.23. The molecule has 8 heteroatoms. The molecule has 0 spiro atoms. The monoisotopic (exact) mass is 460 g/mol. The van der Waals surface area contributed by atoms with Gasteiger partial charge < -0.3 is 14.6 Å². The normalized spacial score (nSPS) is 15.8. The molecular formula is C25H24N4O3S. The van der Waals surface area contributed by atoms with Crippen molar-refractivity contribution in [3.8, 4) is 17.1 Å². The van der Waals surface area contributed by atoms with Crippen LogP contribution in [0.15, 0.2) is 59.4 Å². The minimum atomic E-state index is -0.297. The molecule has 0 saturated carbocycles. The van der Waals surface area contributed by atoms with Gasteiger partial charge in [0.05, 0.1) is 18.7 Å². The summed E-state index contributed by atoms with van der Waals surface area (Å²) in [6.07, 6.45) is 2.95. The standard InChI is InChI=1S/C25H24N4O3S/c1-32-20-12-6-5-10-17(20)22-27-23(31)21-24(28-22)33-25(26-21)29-15-7-11-18(29)19(30)14-13-16-8-3-2-4-9-16/h2-6,8-10,12,18H,7,11,13-15H2,1H3,(H,27,28,31)/t18-/m1/s1. The number of carbonyl (C=O) groups excluding carboxylic acids is 1. The number of methoxy groups -OCH3 is 1. The van der Waals surface area contributed by atoms with Crippen LogP contribution in [-0.2, 0) is 11.2 Å². The fraction of sp³-hybridized carbons (Fsp3) is 0.280. The molecule has 1 atom stereocenters. The minimum Gasteiger partial charge on any atom is -0.496 e. The third-order valence-corrected chi connectivity index (χ3v) is 6.98. The quantitative estimate of drug-likeness (QED) is 0.444. The average molecular weight is 461 g/mol. The van der Waals surface area contributed by atoms with Gasteiger partial charge in [0.25, 0.3) is 5.56 Å². The van der Waals surface area contributed by atoms with E-state index in [9.17, 15) is 9.59 Å². The largest absolute Gasteiger partial charge is 0.496 e. The van der Waals surface area contributed by atoms with Crippen LogP contribution in [0.3, 0.4) is 0 Å². The molecule has 1 N–H and O–H groups in total. The second-order valence-electron chi connectivity index (χ2n) is 8.07. The van der Waals surface area contributed by atoms with Gasteiger partial charge in [-0.1, -0.05) is 53.8 Å². The molecule has 0 aliphatic carbocycles. The number of hydrogen-bond donors (Lipinski definition) is 1. The van der Waals surface area contributed by atoms with Crippen molar-refractivity contribution in [2.24, 2.45) is 0 Å². The van der Waals surface area contributed by atoms with E-state index in [2.05, 4.69) is 15.0 Å². The van der Waals surface area contributed by atoms with Gasteiger partial charge in [-0.2, -0.15) is 0 Å². The summed E-state index contributed by atoms with van der Waals surface area (Å²) < 4.78 is 5.41. The summed E-state index contributed by atoms with van der Waals surface area (Å²) in [5.41, 5.74) is 1.88. The number of fused-ring (bicyclic) bond motifs is 1. The van der Waals surface area contributed by atoms with Crippen LogP contribution in [0.25, 0.3) is 21.7 Å². The molecule has 2 aromatic heterocycles. The molecule has 1 aliphatic rings. The third kappa shape index (κ3) is 4.26. The fourth-order valence-electron chi connectivity index (χ4n) is 4.32. The van der Waals surface area contributed by atoms with Gasteiger partial charge in [-0.25, -0.2) is 9.97 Å². The Balaban J connectivity index is 1.41. The van der Waals surface area contributed by atoms with Gasteiger partial charge in [0.2, 0.25) is 0 Å². The first-order valence-electron chi connectivity index (χ1n) is 11.0. The van der Waals surface area contributed by atoms with Crippen LogP contribution in [0.2, 0.25) is 0 Å². The van der Waals surface area contributed by atoms with E-state index in [1.807, 2.05) is 59.5 Å². The smallest absolute Gasteiger partial charge is 0.278 e. The number of nitrogens with one attached hydrogen (secondary N) is 1. The number of ketones is 1. The summed E-state index contributed by atoms with van der Waals surface area (Å²) in [5.74, 6) is 1.29. The number of H-pyrrole nitrogens is 1. The van der Waals surface area contributed by atoms with Crippen molar-refractivity contribution in [3.05, 3.63) is 70.5 Å². The number of aromatic amines is 1. The second kappa shape index (κ2) is 9.15. The molecule has 5 rings (SSSR count). The molecule has 2 aromatic carbocycles. The number of aryl methyl sites for hydroxylation is 1. The Kier molecular flexibility index (Phi) is 5.92. The summed E-state index contributed by atoms with van der Waals surface area (Å²) in [4.78, 5) is 40.5. The number of anilines is 1. The van der Waals surface area contributed by atoms with Gasteiger partial charge in [0, 0.05) is 13.0 Å². The topological polar surface area (TPSA) is 88.2 Å². The molecule has 4 aromatic rings. The molecule has 0 radical (unpaired) electrons. The van der Waals surface area contributed by atoms with Crippen LogP contribution < -0.4 is 15.2 Å². The molecule has 168 valence electrons. The summed E-state index contributed by atoms with van der Waals surface area (Å²) >= 11 is 1.36. The van der Waals surface area contributed by atoms with Crippen LogP contribution in [0, 0.1) is 0 Å². The van der Waals surface area contributed by atoms with Crippen LogP contribution in [0.4, 0.5) is 5.13 Å². The lowest BCUT2D eigenvalue weighted by Crippen LogP contribution is -2.36. The van der Waals surface area contributed by atoms with E-state index in [4.69, 9.17) is 4.74 Å². The number of rotatable bonds is 7. The van der Waals surface area contributed by atoms with Gasteiger partial charge in [-0.15, -0.1) is 0 Å². The van der Waals surface area contributed by atoms with E-state index in [-0.39, 0.29) is 17.4 Å². The fourth-order valence-corrected chi connectivity index (χ4v) is 5.34. The van der Waals surface area contributed by atoms with Gasteiger partial charge in [0.1, 0.15) is 11.6 Å². The van der Waals surface area contributed by atoms with Crippen molar-refractivity contribution in [1.82, 2.24) is 15.0 Å². The van der Waals surface area contributed by atoms with Crippen molar-refractivity contribution in [2.75, 3.05) is 18.6 Å². The number of Topliss-reactive ketones (excluding diaryl/α,β-unsaturated/α-hetero) is 1.